The summed E-state index contributed by atoms with van der Waals surface area (Å²) in [6, 6.07) is 10.6. The number of methoxy groups -OCH3 is 1. The van der Waals surface area contributed by atoms with Crippen molar-refractivity contribution in [2.45, 2.75) is 39.8 Å². The molecule has 24 nitrogen and oxygen atoms in total. The van der Waals surface area contributed by atoms with Crippen LogP contribution in [0.5, 0.6) is 11.8 Å². The molecule has 0 radical (unpaired) electrons. The molecule has 0 spiro atoms. The zero-order valence-corrected chi connectivity index (χ0v) is 41.3. The first kappa shape index (κ1) is 49.6. The predicted octanol–water partition coefficient (Wildman–Crippen LogP) is 2.97. The maximum Gasteiger partial charge on any atom is 0.223 e. The van der Waals surface area contributed by atoms with Gasteiger partial charge in [-0.2, -0.15) is 28.5 Å². The monoisotopic (exact) mass is 996 g/mol. The molecule has 370 valence electrons. The number of hydrogen-bond donors (Lipinski definition) is 4. The number of rotatable bonds is 17. The van der Waals surface area contributed by atoms with Crippen molar-refractivity contribution in [1.29, 1.82) is 0 Å². The maximum absolute atomic E-state index is 13.5. The van der Waals surface area contributed by atoms with Crippen LogP contribution in [0.1, 0.15) is 48.7 Å². The van der Waals surface area contributed by atoms with Gasteiger partial charge in [0.15, 0.2) is 11.6 Å². The highest BCUT2D eigenvalue weighted by atomic mass is 32.2. The Kier molecular flexibility index (Phi) is 14.9. The van der Waals surface area contributed by atoms with E-state index in [-0.39, 0.29) is 42.2 Å². The zero-order valence-electron chi connectivity index (χ0n) is 39.7. The number of nitrogens with two attached hydrogens (primary N) is 2. The van der Waals surface area contributed by atoms with E-state index in [2.05, 4.69) is 67.2 Å². The lowest BCUT2D eigenvalue weighted by Crippen LogP contribution is -2.50. The lowest BCUT2D eigenvalue weighted by Gasteiger charge is -2.37. The number of sulfonamides is 2. The normalized spacial score (nSPS) is 16.4. The molecular weight excluding hydrogens is 941 g/mol. The second-order valence-corrected chi connectivity index (χ2v) is 20.9. The Bertz CT molecular complexity index is 2990. The molecule has 2 atom stereocenters. The van der Waals surface area contributed by atoms with Gasteiger partial charge in [0.2, 0.25) is 43.7 Å². The van der Waals surface area contributed by atoms with Gasteiger partial charge >= 0.3 is 0 Å². The average molecular weight is 997 g/mol. The molecule has 2 aliphatic heterocycles. The smallest absolute Gasteiger partial charge is 0.223 e. The standard InChI is InChI=1S/C44H56N18O6S2/c1-27(59-11-15-61(16-12-59)69(6,63)64)31-21-36(42-52-30(4)54-44(46)58-42)40(50-23-31)56-34-8-10-38(48-26-34)68-19-20-70(65,66)62-17-13-60(14-18-62)28(2)32-22-35(41-51-29(3)53-43(45)57-41)39(49-24-32)55-33-7-9-37(67-5)47-25-33/h7-10,21-28H,11-20H2,1-6H3,(H,49,55)(H,50,56)(H2,45,51,53,57)(H2,46,52,54,58). The van der Waals surface area contributed by atoms with Crippen molar-refractivity contribution >= 4 is 55.0 Å². The molecule has 2 saturated heterocycles. The second-order valence-electron chi connectivity index (χ2n) is 16.8. The third kappa shape index (κ3) is 11.9. The first-order valence-corrected chi connectivity index (χ1v) is 25.9. The van der Waals surface area contributed by atoms with Crippen LogP contribution in [0.2, 0.25) is 0 Å². The first-order chi connectivity index (χ1) is 33.4. The highest BCUT2D eigenvalue weighted by Gasteiger charge is 2.31. The Labute approximate surface area is 406 Å². The summed E-state index contributed by atoms with van der Waals surface area (Å²) < 4.78 is 65.3. The quantitative estimate of drug-likeness (QED) is 0.102. The fourth-order valence-corrected chi connectivity index (χ4v) is 10.3. The van der Waals surface area contributed by atoms with Crippen LogP contribution in [-0.2, 0) is 20.0 Å². The van der Waals surface area contributed by atoms with Crippen molar-refractivity contribution in [3.05, 3.63) is 84.0 Å². The third-order valence-electron chi connectivity index (χ3n) is 12.1. The van der Waals surface area contributed by atoms with Gasteiger partial charge in [0.1, 0.15) is 29.9 Å². The van der Waals surface area contributed by atoms with Gasteiger partial charge in [-0.05, 0) is 63.1 Å². The van der Waals surface area contributed by atoms with Crippen LogP contribution in [0.3, 0.4) is 0 Å². The molecule has 26 heteroatoms. The molecule has 8 rings (SSSR count). The van der Waals surface area contributed by atoms with Crippen molar-refractivity contribution in [2.75, 3.05) is 100 Å². The number of aryl methyl sites for hydroxylation is 2. The molecule has 70 heavy (non-hydrogen) atoms. The summed E-state index contributed by atoms with van der Waals surface area (Å²) >= 11 is 0. The highest BCUT2D eigenvalue weighted by Crippen LogP contribution is 2.34. The third-order valence-corrected chi connectivity index (χ3v) is 15.2. The first-order valence-electron chi connectivity index (χ1n) is 22.4. The minimum atomic E-state index is -3.66. The van der Waals surface area contributed by atoms with Crippen LogP contribution in [0.15, 0.2) is 61.2 Å². The van der Waals surface area contributed by atoms with Crippen LogP contribution in [-0.4, -0.2) is 163 Å². The Morgan fingerprint density at radius 2 is 1.07 bits per heavy atom. The molecule has 6 aromatic rings. The number of nitrogens with zero attached hydrogens (tertiary/aromatic N) is 14. The summed E-state index contributed by atoms with van der Waals surface area (Å²) in [4.78, 5) is 48.7. The number of piperazine rings is 2. The number of pyridine rings is 4. The fraction of sp³-hybridized carbons (Fsp3) is 0.409. The highest BCUT2D eigenvalue weighted by molar-refractivity contribution is 7.89. The minimum Gasteiger partial charge on any atom is -0.481 e. The molecule has 0 bridgehead atoms. The van der Waals surface area contributed by atoms with E-state index >= 15 is 0 Å². The van der Waals surface area contributed by atoms with Crippen LogP contribution in [0, 0.1) is 13.8 Å². The lowest BCUT2D eigenvalue weighted by molar-refractivity contribution is 0.145. The Morgan fingerprint density at radius 1 is 0.614 bits per heavy atom. The summed E-state index contributed by atoms with van der Waals surface area (Å²) in [5.74, 6) is 3.16. The van der Waals surface area contributed by atoms with Crippen LogP contribution < -0.4 is 31.6 Å². The topological polar surface area (TPSA) is 305 Å². The summed E-state index contributed by atoms with van der Waals surface area (Å²) in [6.45, 7) is 11.0. The molecule has 2 aliphatic rings. The lowest BCUT2D eigenvalue weighted by atomic mass is 10.1. The van der Waals surface area contributed by atoms with E-state index in [4.69, 9.17) is 30.9 Å². The van der Waals surface area contributed by atoms with E-state index in [0.717, 1.165) is 11.1 Å². The van der Waals surface area contributed by atoms with Gasteiger partial charge < -0.3 is 31.6 Å². The van der Waals surface area contributed by atoms with Crippen molar-refractivity contribution in [3.8, 4) is 34.5 Å². The number of nitrogen functional groups attached to an aromatic ring is 2. The number of aromatic nitrogens is 10. The Morgan fingerprint density at radius 3 is 1.49 bits per heavy atom. The van der Waals surface area contributed by atoms with Crippen LogP contribution in [0.25, 0.3) is 22.8 Å². The molecule has 0 aliphatic carbocycles. The van der Waals surface area contributed by atoms with E-state index in [1.54, 1.807) is 63.9 Å². The van der Waals surface area contributed by atoms with E-state index < -0.39 is 20.0 Å². The van der Waals surface area contributed by atoms with Crippen molar-refractivity contribution < 1.29 is 26.3 Å². The van der Waals surface area contributed by atoms with Gasteiger partial charge in [-0.1, -0.05) is 0 Å². The molecule has 0 aromatic carbocycles. The van der Waals surface area contributed by atoms with E-state index in [1.807, 2.05) is 25.1 Å². The minimum absolute atomic E-state index is 0.0637. The molecule has 6 N–H and O–H groups in total. The molecule has 6 aromatic heterocycles. The summed E-state index contributed by atoms with van der Waals surface area (Å²) in [5.41, 5.74) is 16.3. The van der Waals surface area contributed by atoms with Gasteiger partial charge in [0, 0.05) is 89.0 Å². The van der Waals surface area contributed by atoms with Crippen molar-refractivity contribution in [3.63, 3.8) is 0 Å². The van der Waals surface area contributed by atoms with Crippen molar-refractivity contribution in [1.82, 2.24) is 68.3 Å². The number of ether oxygens (including phenoxy) is 2. The largest absolute Gasteiger partial charge is 0.481 e. The molecule has 8 heterocycles. The van der Waals surface area contributed by atoms with Gasteiger partial charge in [-0.15, -0.1) is 0 Å². The predicted molar refractivity (Wildman–Crippen MR) is 263 cm³/mol. The Hall–Kier alpha value is -6.84. The summed E-state index contributed by atoms with van der Waals surface area (Å²) in [6.07, 6.45) is 7.95. The Balaban J connectivity index is 0.872. The van der Waals surface area contributed by atoms with Gasteiger partial charge in [-0.3, -0.25) is 9.80 Å². The SMILES string of the molecule is COc1ccc(Nc2ncc(C(C)N3CCN(S(=O)(=O)CCOc4ccc(Nc5ncc(C(C)N6CCN(S(C)(=O)=O)CC6)cc5-c5nc(C)nc(N)n5)cn4)CC3)cc2-c2nc(C)nc(N)n2)cn1. The summed E-state index contributed by atoms with van der Waals surface area (Å²) in [5, 5.41) is 6.59. The van der Waals surface area contributed by atoms with Crippen LogP contribution in [0.4, 0.5) is 34.9 Å². The van der Waals surface area contributed by atoms with Gasteiger partial charge in [0.05, 0.1) is 54.0 Å². The van der Waals surface area contributed by atoms with E-state index in [1.165, 1.54) is 14.9 Å². The van der Waals surface area contributed by atoms with E-state index in [0.29, 0.717) is 116 Å². The molecule has 0 saturated carbocycles. The second kappa shape index (κ2) is 21.0. The molecular formula is C44H56N18O6S2. The number of nitrogens with one attached hydrogen (secondary N) is 2. The van der Waals surface area contributed by atoms with E-state index in [9.17, 15) is 16.8 Å². The van der Waals surface area contributed by atoms with Gasteiger partial charge in [0.25, 0.3) is 0 Å². The number of hydrogen-bond acceptors (Lipinski definition) is 22. The fourth-order valence-electron chi connectivity index (χ4n) is 8.19. The average Bonchev–Trinajstić information content (AvgIpc) is 3.33. The molecule has 0 amide bonds. The summed E-state index contributed by atoms with van der Waals surface area (Å²) in [7, 11) is -5.38. The van der Waals surface area contributed by atoms with Crippen LogP contribution >= 0.6 is 0 Å². The number of anilines is 6. The maximum atomic E-state index is 13.5. The molecule has 2 fully saturated rings. The zero-order chi connectivity index (χ0) is 49.7. The van der Waals surface area contributed by atoms with Crippen molar-refractivity contribution in [2.24, 2.45) is 0 Å². The van der Waals surface area contributed by atoms with Gasteiger partial charge in [-0.25, -0.2) is 46.7 Å². The molecule has 2 unspecified atom stereocenters.